The third-order valence-electron chi connectivity index (χ3n) is 6.45. The van der Waals surface area contributed by atoms with Crippen molar-refractivity contribution in [3.63, 3.8) is 0 Å². The highest BCUT2D eigenvalue weighted by atomic mass is 16.5. The fourth-order valence-corrected chi connectivity index (χ4v) is 4.31. The number of carbonyl (C=O) groups is 1. The Labute approximate surface area is 202 Å². The second-order valence-corrected chi connectivity index (χ2v) is 8.97. The van der Waals surface area contributed by atoms with Gasteiger partial charge in [0, 0.05) is 44.5 Å². The number of rotatable bonds is 11. The topological polar surface area (TPSA) is 69.3 Å². The van der Waals surface area contributed by atoms with Gasteiger partial charge in [-0.3, -0.25) is 9.69 Å². The Hall–Kier alpha value is -2.61. The average molecular weight is 469 g/mol. The summed E-state index contributed by atoms with van der Waals surface area (Å²) in [4.78, 5) is 14.9. The lowest BCUT2D eigenvalue weighted by molar-refractivity contribution is 0.0392. The van der Waals surface area contributed by atoms with Crippen LogP contribution in [0.1, 0.15) is 41.6 Å². The number of benzene rings is 2. The zero-order valence-corrected chi connectivity index (χ0v) is 20.0. The number of nitrogens with one attached hydrogen (secondary N) is 1. The molecule has 7 heteroatoms. The Morgan fingerprint density at radius 3 is 2.62 bits per heavy atom. The lowest BCUT2D eigenvalue weighted by Crippen LogP contribution is -2.38. The standard InChI is InChI=1S/C27H36N2O5/c1-29(23-11-15-31-16-12-23)13-17-33-25-5-2-4-21(18-25)19-28-27(30)22-7-9-24(10-8-22)34-20-26-6-3-14-32-26/h2,4-5,7-10,18,23,26H,3,6,11-17,19-20H2,1H3,(H,28,30). The fraction of sp³-hybridized carbons (Fsp3) is 0.519. The van der Waals surface area contributed by atoms with Gasteiger partial charge in [0.15, 0.2) is 0 Å². The van der Waals surface area contributed by atoms with Crippen LogP contribution in [0, 0.1) is 0 Å². The van der Waals surface area contributed by atoms with Crippen LogP contribution in [0.5, 0.6) is 11.5 Å². The Morgan fingerprint density at radius 2 is 1.85 bits per heavy atom. The zero-order chi connectivity index (χ0) is 23.6. The van der Waals surface area contributed by atoms with Gasteiger partial charge in [-0.25, -0.2) is 0 Å². The van der Waals surface area contributed by atoms with Crippen LogP contribution in [0.2, 0.25) is 0 Å². The molecule has 1 unspecified atom stereocenters. The van der Waals surface area contributed by atoms with Crippen LogP contribution in [-0.4, -0.2) is 69.6 Å². The first-order valence-electron chi connectivity index (χ1n) is 12.3. The van der Waals surface area contributed by atoms with Crippen LogP contribution in [0.4, 0.5) is 0 Å². The lowest BCUT2D eigenvalue weighted by Gasteiger charge is -2.31. The van der Waals surface area contributed by atoms with Crippen molar-refractivity contribution in [2.75, 3.05) is 46.6 Å². The summed E-state index contributed by atoms with van der Waals surface area (Å²) in [7, 11) is 2.15. The molecular formula is C27H36N2O5. The molecule has 0 radical (unpaired) electrons. The maximum absolute atomic E-state index is 12.6. The van der Waals surface area contributed by atoms with Crippen LogP contribution < -0.4 is 14.8 Å². The van der Waals surface area contributed by atoms with Gasteiger partial charge in [0.2, 0.25) is 0 Å². The van der Waals surface area contributed by atoms with Crippen molar-refractivity contribution >= 4 is 5.91 Å². The Kier molecular flexibility index (Phi) is 9.19. The maximum atomic E-state index is 12.6. The van der Waals surface area contributed by atoms with Gasteiger partial charge in [-0.2, -0.15) is 0 Å². The Balaban J connectivity index is 1.18. The molecule has 0 bridgehead atoms. The fourth-order valence-electron chi connectivity index (χ4n) is 4.31. The van der Waals surface area contributed by atoms with Crippen LogP contribution >= 0.6 is 0 Å². The first-order valence-corrected chi connectivity index (χ1v) is 12.3. The summed E-state index contributed by atoms with van der Waals surface area (Å²) >= 11 is 0. The van der Waals surface area contributed by atoms with E-state index in [1.54, 1.807) is 12.1 Å². The molecule has 34 heavy (non-hydrogen) atoms. The quantitative estimate of drug-likeness (QED) is 0.543. The molecule has 7 nitrogen and oxygen atoms in total. The Bertz CT molecular complexity index is 892. The van der Waals surface area contributed by atoms with Gasteiger partial charge in [0.1, 0.15) is 24.7 Å². The number of hydrogen-bond donors (Lipinski definition) is 1. The van der Waals surface area contributed by atoms with E-state index in [-0.39, 0.29) is 12.0 Å². The first-order chi connectivity index (χ1) is 16.7. The highest BCUT2D eigenvalue weighted by Gasteiger charge is 2.18. The van der Waals surface area contributed by atoms with Gasteiger partial charge < -0.3 is 24.3 Å². The molecule has 2 aromatic carbocycles. The monoisotopic (exact) mass is 468 g/mol. The summed E-state index contributed by atoms with van der Waals surface area (Å²) in [6, 6.07) is 15.7. The number of amides is 1. The molecule has 2 heterocycles. The van der Waals surface area contributed by atoms with Crippen LogP contribution in [0.3, 0.4) is 0 Å². The molecule has 2 aliphatic heterocycles. The summed E-state index contributed by atoms with van der Waals surface area (Å²) < 4.78 is 22.7. The molecule has 0 aromatic heterocycles. The lowest BCUT2D eigenvalue weighted by atomic mass is 10.1. The number of hydrogen-bond acceptors (Lipinski definition) is 6. The van der Waals surface area contributed by atoms with E-state index in [4.69, 9.17) is 18.9 Å². The van der Waals surface area contributed by atoms with E-state index < -0.39 is 0 Å². The maximum Gasteiger partial charge on any atom is 0.251 e. The third-order valence-corrected chi connectivity index (χ3v) is 6.45. The second-order valence-electron chi connectivity index (χ2n) is 8.97. The van der Waals surface area contributed by atoms with Crippen molar-refractivity contribution in [3.8, 4) is 11.5 Å². The van der Waals surface area contributed by atoms with Crippen molar-refractivity contribution < 1.29 is 23.7 Å². The van der Waals surface area contributed by atoms with Gasteiger partial charge in [0.25, 0.3) is 5.91 Å². The molecule has 1 N–H and O–H groups in total. The van der Waals surface area contributed by atoms with Crippen molar-refractivity contribution in [2.24, 2.45) is 0 Å². The molecule has 1 amide bonds. The smallest absolute Gasteiger partial charge is 0.251 e. The van der Waals surface area contributed by atoms with E-state index in [9.17, 15) is 4.79 Å². The van der Waals surface area contributed by atoms with Crippen molar-refractivity contribution in [2.45, 2.75) is 44.4 Å². The molecular weight excluding hydrogens is 432 g/mol. The first kappa shape index (κ1) is 24.5. The molecule has 0 aliphatic carbocycles. The van der Waals surface area contributed by atoms with Gasteiger partial charge in [0.05, 0.1) is 6.10 Å². The summed E-state index contributed by atoms with van der Waals surface area (Å²) in [6.45, 7) is 5.00. The zero-order valence-electron chi connectivity index (χ0n) is 20.0. The SMILES string of the molecule is CN(CCOc1cccc(CNC(=O)c2ccc(OCC3CCCO3)cc2)c1)C1CCOCC1. The molecule has 0 spiro atoms. The highest BCUT2D eigenvalue weighted by molar-refractivity contribution is 5.94. The summed E-state index contributed by atoms with van der Waals surface area (Å²) in [5, 5.41) is 2.98. The minimum Gasteiger partial charge on any atom is -0.492 e. The molecule has 2 fully saturated rings. The van der Waals surface area contributed by atoms with Crippen LogP contribution in [-0.2, 0) is 16.0 Å². The average Bonchev–Trinajstić information content (AvgIpc) is 3.41. The number of likely N-dealkylation sites (N-methyl/N-ethyl adjacent to an activating group) is 1. The molecule has 184 valence electrons. The van der Waals surface area contributed by atoms with Crippen LogP contribution in [0.15, 0.2) is 48.5 Å². The molecule has 2 aromatic rings. The minimum absolute atomic E-state index is 0.116. The van der Waals surface area contributed by atoms with E-state index >= 15 is 0 Å². The molecule has 2 saturated heterocycles. The van der Waals surface area contributed by atoms with E-state index in [2.05, 4.69) is 17.3 Å². The van der Waals surface area contributed by atoms with E-state index in [0.29, 0.717) is 31.4 Å². The largest absolute Gasteiger partial charge is 0.492 e. The molecule has 1 atom stereocenters. The summed E-state index contributed by atoms with van der Waals surface area (Å²) in [5.74, 6) is 1.45. The van der Waals surface area contributed by atoms with E-state index in [0.717, 1.165) is 69.1 Å². The summed E-state index contributed by atoms with van der Waals surface area (Å²) in [6.07, 6.45) is 4.47. The number of carbonyl (C=O) groups excluding carboxylic acids is 1. The predicted molar refractivity (Wildman–Crippen MR) is 130 cm³/mol. The van der Waals surface area contributed by atoms with Crippen molar-refractivity contribution in [3.05, 3.63) is 59.7 Å². The summed E-state index contributed by atoms with van der Waals surface area (Å²) in [5.41, 5.74) is 1.60. The van der Waals surface area contributed by atoms with Gasteiger partial charge in [-0.1, -0.05) is 12.1 Å². The second kappa shape index (κ2) is 12.7. The Morgan fingerprint density at radius 1 is 1.03 bits per heavy atom. The highest BCUT2D eigenvalue weighted by Crippen LogP contribution is 2.18. The van der Waals surface area contributed by atoms with Crippen molar-refractivity contribution in [1.82, 2.24) is 10.2 Å². The third kappa shape index (κ3) is 7.45. The number of nitrogens with zero attached hydrogens (tertiary/aromatic N) is 1. The number of ether oxygens (including phenoxy) is 4. The van der Waals surface area contributed by atoms with E-state index in [1.807, 2.05) is 36.4 Å². The van der Waals surface area contributed by atoms with Crippen LogP contribution in [0.25, 0.3) is 0 Å². The van der Waals surface area contributed by atoms with E-state index in [1.165, 1.54) is 0 Å². The van der Waals surface area contributed by atoms with Gasteiger partial charge in [-0.15, -0.1) is 0 Å². The minimum atomic E-state index is -0.116. The molecule has 2 aliphatic rings. The van der Waals surface area contributed by atoms with Crippen molar-refractivity contribution in [1.29, 1.82) is 0 Å². The van der Waals surface area contributed by atoms with Gasteiger partial charge in [-0.05, 0) is 74.7 Å². The predicted octanol–water partition coefficient (Wildman–Crippen LogP) is 3.66. The normalized spacial score (nSPS) is 18.7. The molecule has 0 saturated carbocycles. The molecule has 4 rings (SSSR count). The van der Waals surface area contributed by atoms with Gasteiger partial charge >= 0.3 is 0 Å².